The molecule has 2 atom stereocenters. The van der Waals surface area contributed by atoms with Gasteiger partial charge in [0.05, 0.1) is 17.6 Å². The van der Waals surface area contributed by atoms with Crippen LogP contribution in [-0.2, 0) is 24.1 Å². The monoisotopic (exact) mass is 472 g/mol. The highest BCUT2D eigenvalue weighted by Crippen LogP contribution is 2.23. The van der Waals surface area contributed by atoms with Crippen molar-refractivity contribution in [2.24, 2.45) is 0 Å². The molecule has 0 aliphatic heterocycles. The normalized spacial score (nSPS) is 13.0. The summed E-state index contributed by atoms with van der Waals surface area (Å²) in [5.74, 6) is 4.49. The minimum Gasteiger partial charge on any atom is -0.465 e. The molecule has 0 bridgehead atoms. The Bertz CT molecular complexity index is 1140. The Morgan fingerprint density at radius 2 is 1.69 bits per heavy atom. The number of esters is 2. The Balaban J connectivity index is 2.48. The zero-order valence-corrected chi connectivity index (χ0v) is 19.8. The van der Waals surface area contributed by atoms with Gasteiger partial charge < -0.3 is 9.47 Å². The number of carbonyl (C=O) groups excluding carboxylic acids is 2. The van der Waals surface area contributed by atoms with E-state index in [4.69, 9.17) is 4.74 Å². The summed E-state index contributed by atoms with van der Waals surface area (Å²) in [6.45, 7) is 3.06. The second-order valence-corrected chi connectivity index (χ2v) is 9.60. The number of benzene rings is 2. The van der Waals surface area contributed by atoms with Crippen molar-refractivity contribution in [3.8, 4) is 11.8 Å². The van der Waals surface area contributed by atoms with Crippen molar-refractivity contribution in [3.05, 3.63) is 76.7 Å². The molecule has 0 fully saturated rings. The number of thioether (sulfide) groups is 1. The minimum absolute atomic E-state index is 0.111. The topological polar surface area (TPSA) is 86.7 Å². The Hall–Kier alpha value is -3.02. The van der Waals surface area contributed by atoms with Crippen molar-refractivity contribution in [2.45, 2.75) is 30.1 Å². The van der Waals surface area contributed by atoms with Crippen molar-refractivity contribution < 1.29 is 27.5 Å². The first kappa shape index (κ1) is 25.2. The third-order valence-electron chi connectivity index (χ3n) is 4.37. The average Bonchev–Trinajstić information content (AvgIpc) is 2.77. The van der Waals surface area contributed by atoms with Crippen LogP contribution in [0.25, 0.3) is 0 Å². The van der Waals surface area contributed by atoms with E-state index in [2.05, 4.69) is 16.6 Å². The lowest BCUT2D eigenvalue weighted by atomic mass is 10.1. The number of carbonyl (C=O) groups is 2. The molecule has 6 nitrogen and oxygen atoms in total. The molecule has 0 heterocycles. The van der Waals surface area contributed by atoms with E-state index in [0.29, 0.717) is 11.1 Å². The zero-order valence-electron chi connectivity index (χ0n) is 18.2. The summed E-state index contributed by atoms with van der Waals surface area (Å²) < 4.78 is 36.7. The summed E-state index contributed by atoms with van der Waals surface area (Å²) in [4.78, 5) is 23.4. The van der Waals surface area contributed by atoms with Crippen molar-refractivity contribution >= 4 is 33.5 Å². The fourth-order valence-corrected chi connectivity index (χ4v) is 4.72. The zero-order chi connectivity index (χ0) is 23.7. The largest absolute Gasteiger partial charge is 0.465 e. The third kappa shape index (κ3) is 6.74. The van der Waals surface area contributed by atoms with E-state index >= 15 is 0 Å². The average molecular weight is 473 g/mol. The molecule has 2 aromatic carbocycles. The van der Waals surface area contributed by atoms with Crippen LogP contribution in [0.2, 0.25) is 0 Å². The van der Waals surface area contributed by atoms with Gasteiger partial charge in [-0.05, 0) is 55.0 Å². The Morgan fingerprint density at radius 1 is 1.06 bits per heavy atom. The van der Waals surface area contributed by atoms with Gasteiger partial charge in [-0.2, -0.15) is 0 Å². The van der Waals surface area contributed by atoms with Crippen molar-refractivity contribution in [1.82, 2.24) is 0 Å². The van der Waals surface area contributed by atoms with E-state index < -0.39 is 33.1 Å². The molecular formula is C24H24O6S2. The fraction of sp³-hybridized carbons (Fsp3) is 0.250. The van der Waals surface area contributed by atoms with Gasteiger partial charge in [0.2, 0.25) is 0 Å². The van der Waals surface area contributed by atoms with Crippen LogP contribution in [0.4, 0.5) is 0 Å². The molecule has 32 heavy (non-hydrogen) atoms. The van der Waals surface area contributed by atoms with Crippen LogP contribution in [0.3, 0.4) is 0 Å². The Morgan fingerprint density at radius 3 is 2.22 bits per heavy atom. The molecule has 0 saturated heterocycles. The molecule has 0 aromatic heterocycles. The highest BCUT2D eigenvalue weighted by molar-refractivity contribution is 8.01. The molecule has 2 unspecified atom stereocenters. The van der Waals surface area contributed by atoms with E-state index in [-0.39, 0.29) is 4.90 Å². The molecule has 0 saturated carbocycles. The predicted molar refractivity (Wildman–Crippen MR) is 125 cm³/mol. The van der Waals surface area contributed by atoms with E-state index in [9.17, 15) is 18.0 Å². The van der Waals surface area contributed by atoms with E-state index in [1.807, 2.05) is 6.92 Å². The van der Waals surface area contributed by atoms with Gasteiger partial charge in [0.1, 0.15) is 5.25 Å². The number of methoxy groups -OCH3 is 1. The summed E-state index contributed by atoms with van der Waals surface area (Å²) in [5, 5.41) is 0.420. The Labute approximate surface area is 192 Å². The van der Waals surface area contributed by atoms with Gasteiger partial charge in [-0.1, -0.05) is 35.6 Å². The van der Waals surface area contributed by atoms with Gasteiger partial charge in [-0.3, -0.25) is 4.79 Å². The lowest BCUT2D eigenvalue weighted by Gasteiger charge is -2.20. The maximum Gasteiger partial charge on any atom is 0.337 e. The second kappa shape index (κ2) is 11.6. The summed E-state index contributed by atoms with van der Waals surface area (Å²) >= 11 is 1.32. The van der Waals surface area contributed by atoms with Gasteiger partial charge in [0, 0.05) is 12.5 Å². The molecule has 2 rings (SSSR count). The number of sulfone groups is 1. The predicted octanol–water partition coefficient (Wildman–Crippen LogP) is 3.78. The lowest BCUT2D eigenvalue weighted by Crippen LogP contribution is -2.35. The third-order valence-corrected chi connectivity index (χ3v) is 6.85. The first-order chi connectivity index (χ1) is 15.2. The highest BCUT2D eigenvalue weighted by atomic mass is 32.2. The molecule has 0 N–H and O–H groups in total. The van der Waals surface area contributed by atoms with E-state index in [1.165, 1.54) is 44.0 Å². The molecule has 0 spiro atoms. The van der Waals surface area contributed by atoms with Gasteiger partial charge in [-0.15, -0.1) is 11.8 Å². The summed E-state index contributed by atoms with van der Waals surface area (Å²) in [5.41, 5.74) is 1.80. The molecule has 0 aliphatic carbocycles. The number of rotatable bonds is 7. The molecule has 168 valence electrons. The van der Waals surface area contributed by atoms with Crippen LogP contribution in [0, 0.1) is 18.8 Å². The molecule has 0 aliphatic rings. The van der Waals surface area contributed by atoms with Crippen molar-refractivity contribution in [2.75, 3.05) is 13.4 Å². The van der Waals surface area contributed by atoms with Crippen LogP contribution >= 0.6 is 11.8 Å². The highest BCUT2D eigenvalue weighted by Gasteiger charge is 2.34. The number of hydrogen-bond donors (Lipinski definition) is 0. The van der Waals surface area contributed by atoms with E-state index in [1.54, 1.807) is 48.1 Å². The number of ether oxygens (including phenoxy) is 2. The van der Waals surface area contributed by atoms with Crippen molar-refractivity contribution in [3.63, 3.8) is 0 Å². The van der Waals surface area contributed by atoms with Gasteiger partial charge in [-0.25, -0.2) is 13.2 Å². The van der Waals surface area contributed by atoms with Crippen LogP contribution in [0.5, 0.6) is 0 Å². The van der Waals surface area contributed by atoms with Crippen molar-refractivity contribution in [1.29, 1.82) is 0 Å². The molecule has 8 heteroatoms. The second-order valence-electron chi connectivity index (χ2n) is 6.76. The quantitative estimate of drug-likeness (QED) is 0.448. The molecule has 0 radical (unpaired) electrons. The minimum atomic E-state index is -3.90. The first-order valence-electron chi connectivity index (χ1n) is 9.56. The first-order valence-corrected chi connectivity index (χ1v) is 12.4. The van der Waals surface area contributed by atoms with Gasteiger partial charge >= 0.3 is 11.9 Å². The smallest absolute Gasteiger partial charge is 0.337 e. The SMILES string of the molecule is COC(=O)c1ccc(C#CC(OC(C)=O)C(/C=C/SC)S(=O)(=O)c2ccc(C)cc2)cc1. The summed E-state index contributed by atoms with van der Waals surface area (Å²) in [6.07, 6.45) is 2.03. The van der Waals surface area contributed by atoms with Gasteiger partial charge in [0.15, 0.2) is 15.9 Å². The van der Waals surface area contributed by atoms with Crippen LogP contribution in [0.1, 0.15) is 28.4 Å². The number of aryl methyl sites for hydroxylation is 1. The molecular weight excluding hydrogens is 448 g/mol. The maximum atomic E-state index is 13.4. The lowest BCUT2D eigenvalue weighted by molar-refractivity contribution is -0.143. The van der Waals surface area contributed by atoms with Crippen LogP contribution in [0.15, 0.2) is 64.9 Å². The standard InChI is InChI=1S/C24H24O6S2/c1-17-5-12-21(13-6-17)32(27,28)23(15-16-31-4)22(30-18(2)25)14-9-19-7-10-20(11-8-19)24(26)29-3/h5-8,10-13,15-16,22-23H,1-4H3/b16-15+. The number of hydrogen-bond acceptors (Lipinski definition) is 7. The molecule has 2 aromatic rings. The van der Waals surface area contributed by atoms with E-state index in [0.717, 1.165) is 5.56 Å². The summed E-state index contributed by atoms with van der Waals surface area (Å²) in [6, 6.07) is 12.8. The summed E-state index contributed by atoms with van der Waals surface area (Å²) in [7, 11) is -2.61. The van der Waals surface area contributed by atoms with Gasteiger partial charge in [0.25, 0.3) is 0 Å². The Kier molecular flexibility index (Phi) is 9.12. The fourth-order valence-electron chi connectivity index (χ4n) is 2.73. The maximum absolute atomic E-state index is 13.4. The van der Waals surface area contributed by atoms with Crippen LogP contribution in [-0.4, -0.2) is 45.1 Å². The van der Waals surface area contributed by atoms with Crippen LogP contribution < -0.4 is 0 Å². The molecule has 0 amide bonds.